The van der Waals surface area contributed by atoms with Crippen LogP contribution in [0.1, 0.15) is 51.4 Å². The molecule has 0 N–H and O–H groups in total. The summed E-state index contributed by atoms with van der Waals surface area (Å²) in [7, 11) is 1.59. The predicted molar refractivity (Wildman–Crippen MR) is 71.5 cm³/mol. The van der Waals surface area contributed by atoms with Crippen molar-refractivity contribution in [2.45, 2.75) is 63.6 Å². The number of hydrogen-bond acceptors (Lipinski definition) is 2. The van der Waals surface area contributed by atoms with Gasteiger partial charge in [-0.2, -0.15) is 13.2 Å². The van der Waals surface area contributed by atoms with Gasteiger partial charge in [-0.05, 0) is 25.7 Å². The number of Topliss-reactive ketones (excluding diaryl/α,β-unsaturated/α-hetero) is 1. The largest absolute Gasteiger partial charge is 0.392 e. The number of carbonyl (C=O) groups is 2. The van der Waals surface area contributed by atoms with Gasteiger partial charge in [0.25, 0.3) is 0 Å². The average molecular weight is 305 g/mol. The van der Waals surface area contributed by atoms with Crippen molar-refractivity contribution in [3.63, 3.8) is 0 Å². The number of nitrogens with zero attached hydrogens (tertiary/aromatic N) is 1. The lowest BCUT2D eigenvalue weighted by molar-refractivity contribution is -0.201. The molecule has 0 spiro atoms. The standard InChI is InChI=1S/C15H22F3NO2/c1-19(10-6-8-11(20)9-7-10)14(21)12-4-2-3-5-13(12)15(16,17)18/h10,12-13H,2-9H2,1H3. The molecule has 0 aromatic carbocycles. The molecule has 0 aromatic heterocycles. The molecule has 2 saturated carbocycles. The van der Waals surface area contributed by atoms with Gasteiger partial charge in [-0.15, -0.1) is 0 Å². The van der Waals surface area contributed by atoms with Crippen LogP contribution in [0.5, 0.6) is 0 Å². The Morgan fingerprint density at radius 3 is 2.24 bits per heavy atom. The Bertz CT molecular complexity index is 398. The molecule has 2 aliphatic rings. The molecule has 0 saturated heterocycles. The molecule has 2 fully saturated rings. The van der Waals surface area contributed by atoms with Gasteiger partial charge in [0.05, 0.1) is 5.92 Å². The Kier molecular flexibility index (Phi) is 4.94. The summed E-state index contributed by atoms with van der Waals surface area (Å²) >= 11 is 0. The van der Waals surface area contributed by atoms with Gasteiger partial charge >= 0.3 is 6.18 Å². The number of carbonyl (C=O) groups excluding carboxylic acids is 2. The zero-order valence-corrected chi connectivity index (χ0v) is 12.3. The lowest BCUT2D eigenvalue weighted by Gasteiger charge is -2.38. The Labute approximate surface area is 122 Å². The average Bonchev–Trinajstić information content (AvgIpc) is 2.45. The van der Waals surface area contributed by atoms with Gasteiger partial charge in [-0.3, -0.25) is 9.59 Å². The van der Waals surface area contributed by atoms with Crippen molar-refractivity contribution in [3.8, 4) is 0 Å². The first-order chi connectivity index (χ1) is 9.80. The van der Waals surface area contributed by atoms with Gasteiger partial charge in [0.2, 0.25) is 5.91 Å². The Hall–Kier alpha value is -1.07. The summed E-state index contributed by atoms with van der Waals surface area (Å²) in [6, 6.07) is -0.0917. The summed E-state index contributed by atoms with van der Waals surface area (Å²) < 4.78 is 39.3. The number of ketones is 1. The summed E-state index contributed by atoms with van der Waals surface area (Å²) in [5.74, 6) is -2.66. The van der Waals surface area contributed by atoms with E-state index in [-0.39, 0.29) is 18.2 Å². The van der Waals surface area contributed by atoms with Crippen LogP contribution < -0.4 is 0 Å². The second-order valence-corrected chi connectivity index (χ2v) is 6.26. The van der Waals surface area contributed by atoms with Crippen LogP contribution in [0.2, 0.25) is 0 Å². The van der Waals surface area contributed by atoms with Crippen LogP contribution >= 0.6 is 0 Å². The van der Waals surface area contributed by atoms with E-state index in [1.54, 1.807) is 7.05 Å². The van der Waals surface area contributed by atoms with E-state index < -0.39 is 23.9 Å². The molecule has 0 aromatic rings. The monoisotopic (exact) mass is 305 g/mol. The Morgan fingerprint density at radius 2 is 1.67 bits per heavy atom. The molecular formula is C15H22F3NO2. The van der Waals surface area contributed by atoms with Crippen molar-refractivity contribution in [3.05, 3.63) is 0 Å². The fourth-order valence-electron chi connectivity index (χ4n) is 3.57. The first-order valence-electron chi connectivity index (χ1n) is 7.65. The number of halogens is 3. The second-order valence-electron chi connectivity index (χ2n) is 6.26. The molecule has 2 unspecified atom stereocenters. The van der Waals surface area contributed by atoms with Crippen molar-refractivity contribution >= 4 is 11.7 Å². The minimum absolute atomic E-state index is 0.0525. The fourth-order valence-corrected chi connectivity index (χ4v) is 3.57. The SMILES string of the molecule is CN(C(=O)C1CCCCC1C(F)(F)F)C1CCC(=O)CC1. The van der Waals surface area contributed by atoms with Crippen molar-refractivity contribution in [1.82, 2.24) is 4.90 Å². The molecule has 2 atom stereocenters. The quantitative estimate of drug-likeness (QED) is 0.785. The summed E-state index contributed by atoms with van der Waals surface area (Å²) in [6.45, 7) is 0. The van der Waals surface area contributed by atoms with E-state index in [1.165, 1.54) is 4.90 Å². The number of hydrogen-bond donors (Lipinski definition) is 0. The Morgan fingerprint density at radius 1 is 1.10 bits per heavy atom. The van der Waals surface area contributed by atoms with Gasteiger partial charge in [-0.25, -0.2) is 0 Å². The van der Waals surface area contributed by atoms with E-state index in [4.69, 9.17) is 0 Å². The zero-order chi connectivity index (χ0) is 15.6. The van der Waals surface area contributed by atoms with E-state index >= 15 is 0 Å². The maximum absolute atomic E-state index is 13.1. The molecule has 0 radical (unpaired) electrons. The fraction of sp³-hybridized carbons (Fsp3) is 0.867. The normalized spacial score (nSPS) is 28.5. The first kappa shape index (κ1) is 16.3. The molecule has 0 heterocycles. The molecule has 2 rings (SSSR count). The molecule has 0 bridgehead atoms. The van der Waals surface area contributed by atoms with Gasteiger partial charge in [0.1, 0.15) is 5.78 Å². The highest BCUT2D eigenvalue weighted by molar-refractivity contribution is 5.81. The van der Waals surface area contributed by atoms with E-state index in [0.717, 1.165) is 0 Å². The van der Waals surface area contributed by atoms with Crippen LogP contribution in [-0.2, 0) is 9.59 Å². The van der Waals surface area contributed by atoms with E-state index in [0.29, 0.717) is 44.9 Å². The minimum atomic E-state index is -4.30. The number of amides is 1. The molecule has 6 heteroatoms. The summed E-state index contributed by atoms with van der Waals surface area (Å²) in [5, 5.41) is 0. The second kappa shape index (κ2) is 6.36. The van der Waals surface area contributed by atoms with Gasteiger partial charge in [0, 0.05) is 31.8 Å². The molecule has 1 amide bonds. The van der Waals surface area contributed by atoms with E-state index in [1.807, 2.05) is 0 Å². The lowest BCUT2D eigenvalue weighted by Crippen LogP contribution is -2.47. The summed E-state index contributed by atoms with van der Waals surface area (Å²) in [4.78, 5) is 25.2. The van der Waals surface area contributed by atoms with Gasteiger partial charge in [0.15, 0.2) is 0 Å². The van der Waals surface area contributed by atoms with Crippen LogP contribution in [0, 0.1) is 11.8 Å². The van der Waals surface area contributed by atoms with Crippen molar-refractivity contribution in [2.75, 3.05) is 7.05 Å². The van der Waals surface area contributed by atoms with Crippen LogP contribution in [-0.4, -0.2) is 35.9 Å². The molecule has 120 valence electrons. The topological polar surface area (TPSA) is 37.4 Å². The van der Waals surface area contributed by atoms with Crippen LogP contribution in [0.3, 0.4) is 0 Å². The third kappa shape index (κ3) is 3.77. The third-order valence-electron chi connectivity index (χ3n) is 4.91. The van der Waals surface area contributed by atoms with Crippen LogP contribution in [0.4, 0.5) is 13.2 Å². The number of alkyl halides is 3. The third-order valence-corrected chi connectivity index (χ3v) is 4.91. The van der Waals surface area contributed by atoms with E-state index in [2.05, 4.69) is 0 Å². The van der Waals surface area contributed by atoms with Crippen LogP contribution in [0.15, 0.2) is 0 Å². The van der Waals surface area contributed by atoms with E-state index in [9.17, 15) is 22.8 Å². The van der Waals surface area contributed by atoms with Crippen LogP contribution in [0.25, 0.3) is 0 Å². The van der Waals surface area contributed by atoms with Gasteiger partial charge in [-0.1, -0.05) is 12.8 Å². The highest BCUT2D eigenvalue weighted by atomic mass is 19.4. The summed E-state index contributed by atoms with van der Waals surface area (Å²) in [5.41, 5.74) is 0. The maximum Gasteiger partial charge on any atom is 0.392 e. The highest BCUT2D eigenvalue weighted by Crippen LogP contribution is 2.42. The lowest BCUT2D eigenvalue weighted by atomic mass is 9.77. The zero-order valence-electron chi connectivity index (χ0n) is 12.3. The minimum Gasteiger partial charge on any atom is -0.342 e. The summed E-state index contributed by atoms with van der Waals surface area (Å²) in [6.07, 6.45) is -0.712. The maximum atomic E-state index is 13.1. The van der Waals surface area contributed by atoms with Crippen molar-refractivity contribution in [1.29, 1.82) is 0 Å². The highest BCUT2D eigenvalue weighted by Gasteiger charge is 2.49. The smallest absolute Gasteiger partial charge is 0.342 e. The molecule has 3 nitrogen and oxygen atoms in total. The van der Waals surface area contributed by atoms with Crippen molar-refractivity contribution in [2.24, 2.45) is 11.8 Å². The van der Waals surface area contributed by atoms with Gasteiger partial charge < -0.3 is 4.90 Å². The molecule has 0 aliphatic heterocycles. The first-order valence-corrected chi connectivity index (χ1v) is 7.65. The molecule has 2 aliphatic carbocycles. The molecule has 21 heavy (non-hydrogen) atoms. The Balaban J connectivity index is 2.04. The molecular weight excluding hydrogens is 283 g/mol. The predicted octanol–water partition coefficient (Wildman–Crippen LogP) is 3.33. The van der Waals surface area contributed by atoms with Crippen molar-refractivity contribution < 1.29 is 22.8 Å². The number of rotatable bonds is 2.